The van der Waals surface area contributed by atoms with Crippen LogP contribution < -0.4 is 10.6 Å². The second kappa shape index (κ2) is 8.22. The van der Waals surface area contributed by atoms with Crippen LogP contribution in [0, 0.1) is 6.92 Å². The normalized spacial score (nSPS) is 10.3. The second-order valence-electron chi connectivity index (χ2n) is 5.12. The van der Waals surface area contributed by atoms with Gasteiger partial charge < -0.3 is 10.6 Å². The van der Waals surface area contributed by atoms with Crippen molar-refractivity contribution < 1.29 is 4.79 Å². The summed E-state index contributed by atoms with van der Waals surface area (Å²) in [6.07, 6.45) is 0.943. The molecule has 0 heterocycles. The molecule has 0 unspecified atom stereocenters. The third-order valence-corrected chi connectivity index (χ3v) is 3.45. The highest BCUT2D eigenvalue weighted by Crippen LogP contribution is 2.06. The molecule has 0 saturated carbocycles. The van der Waals surface area contributed by atoms with Crippen molar-refractivity contribution in [3.05, 3.63) is 71.3 Å². The lowest BCUT2D eigenvalue weighted by molar-refractivity contribution is -0.120. The van der Waals surface area contributed by atoms with E-state index in [4.69, 9.17) is 0 Å². The van der Waals surface area contributed by atoms with Gasteiger partial charge in [0.25, 0.3) is 0 Å². The van der Waals surface area contributed by atoms with E-state index in [1.165, 1.54) is 11.1 Å². The first-order valence-electron chi connectivity index (χ1n) is 7.31. The van der Waals surface area contributed by atoms with Gasteiger partial charge in [-0.15, -0.1) is 0 Å². The van der Waals surface area contributed by atoms with E-state index >= 15 is 0 Å². The molecule has 0 saturated heterocycles. The Balaban J connectivity index is 1.62. The molecular formula is C18H22N2O. The van der Waals surface area contributed by atoms with Crippen LogP contribution in [-0.4, -0.2) is 19.0 Å². The van der Waals surface area contributed by atoms with Gasteiger partial charge in [-0.2, -0.15) is 0 Å². The van der Waals surface area contributed by atoms with E-state index in [-0.39, 0.29) is 5.91 Å². The van der Waals surface area contributed by atoms with Gasteiger partial charge in [-0.05, 0) is 36.6 Å². The predicted molar refractivity (Wildman–Crippen MR) is 86.0 cm³/mol. The Morgan fingerprint density at radius 1 is 1.00 bits per heavy atom. The third-order valence-electron chi connectivity index (χ3n) is 3.45. The van der Waals surface area contributed by atoms with Gasteiger partial charge in [0.2, 0.25) is 5.91 Å². The Morgan fingerprint density at radius 2 is 1.71 bits per heavy atom. The number of benzene rings is 2. The van der Waals surface area contributed by atoms with E-state index < -0.39 is 0 Å². The van der Waals surface area contributed by atoms with Crippen molar-refractivity contribution in [1.29, 1.82) is 0 Å². The number of aryl methyl sites for hydroxylation is 1. The molecule has 2 aromatic carbocycles. The standard InChI is InChI=1S/C18H22N2O/c1-15-7-5-6-10-17(15)11-12-19-14-18(21)20-13-16-8-3-2-4-9-16/h2-10,19H,11-14H2,1H3,(H,20,21). The largest absolute Gasteiger partial charge is 0.351 e. The first-order valence-corrected chi connectivity index (χ1v) is 7.31. The summed E-state index contributed by atoms with van der Waals surface area (Å²) in [4.78, 5) is 11.7. The summed E-state index contributed by atoms with van der Waals surface area (Å²) in [5.41, 5.74) is 3.74. The monoisotopic (exact) mass is 282 g/mol. The molecule has 0 spiro atoms. The summed E-state index contributed by atoms with van der Waals surface area (Å²) >= 11 is 0. The van der Waals surface area contributed by atoms with Crippen LogP contribution in [0.25, 0.3) is 0 Å². The number of hydrogen-bond acceptors (Lipinski definition) is 2. The molecule has 0 aliphatic rings. The van der Waals surface area contributed by atoms with Crippen molar-refractivity contribution in [3.63, 3.8) is 0 Å². The number of carbonyl (C=O) groups excluding carboxylic acids is 1. The third kappa shape index (κ3) is 5.40. The summed E-state index contributed by atoms with van der Waals surface area (Å²) in [6.45, 7) is 3.86. The lowest BCUT2D eigenvalue weighted by Gasteiger charge is -2.08. The van der Waals surface area contributed by atoms with E-state index in [2.05, 4.69) is 35.8 Å². The van der Waals surface area contributed by atoms with Crippen molar-refractivity contribution in [3.8, 4) is 0 Å². The van der Waals surface area contributed by atoms with Crippen LogP contribution in [-0.2, 0) is 17.8 Å². The van der Waals surface area contributed by atoms with E-state index in [0.29, 0.717) is 13.1 Å². The van der Waals surface area contributed by atoms with Crippen LogP contribution in [0.2, 0.25) is 0 Å². The van der Waals surface area contributed by atoms with Gasteiger partial charge in [-0.3, -0.25) is 4.79 Å². The van der Waals surface area contributed by atoms with Crippen molar-refractivity contribution in [2.24, 2.45) is 0 Å². The van der Waals surface area contributed by atoms with Gasteiger partial charge in [-0.25, -0.2) is 0 Å². The minimum absolute atomic E-state index is 0.0311. The summed E-state index contributed by atoms with van der Waals surface area (Å²) < 4.78 is 0. The fraction of sp³-hybridized carbons (Fsp3) is 0.278. The molecule has 0 bridgehead atoms. The van der Waals surface area contributed by atoms with Crippen LogP contribution in [0.15, 0.2) is 54.6 Å². The Bertz CT molecular complexity index is 566. The minimum Gasteiger partial charge on any atom is -0.351 e. The number of nitrogens with one attached hydrogen (secondary N) is 2. The Kier molecular flexibility index (Phi) is 5.98. The summed E-state index contributed by atoms with van der Waals surface area (Å²) in [6, 6.07) is 18.3. The number of hydrogen-bond donors (Lipinski definition) is 2. The van der Waals surface area contributed by atoms with Crippen LogP contribution in [0.5, 0.6) is 0 Å². The smallest absolute Gasteiger partial charge is 0.234 e. The van der Waals surface area contributed by atoms with E-state index in [1.54, 1.807) is 0 Å². The molecule has 110 valence electrons. The summed E-state index contributed by atoms with van der Waals surface area (Å²) in [7, 11) is 0. The molecular weight excluding hydrogens is 260 g/mol. The molecule has 3 heteroatoms. The zero-order chi connectivity index (χ0) is 14.9. The number of rotatable bonds is 7. The summed E-state index contributed by atoms with van der Waals surface area (Å²) in [5.74, 6) is 0.0311. The minimum atomic E-state index is 0.0311. The van der Waals surface area contributed by atoms with Gasteiger partial charge in [0, 0.05) is 6.54 Å². The fourth-order valence-corrected chi connectivity index (χ4v) is 2.17. The van der Waals surface area contributed by atoms with Crippen molar-refractivity contribution in [2.45, 2.75) is 19.9 Å². The Hall–Kier alpha value is -2.13. The van der Waals surface area contributed by atoms with Gasteiger partial charge in [0.05, 0.1) is 6.54 Å². The highest BCUT2D eigenvalue weighted by Gasteiger charge is 2.01. The van der Waals surface area contributed by atoms with Gasteiger partial charge in [-0.1, -0.05) is 54.6 Å². The van der Waals surface area contributed by atoms with Crippen LogP contribution in [0.1, 0.15) is 16.7 Å². The van der Waals surface area contributed by atoms with Crippen LogP contribution >= 0.6 is 0 Å². The van der Waals surface area contributed by atoms with Crippen LogP contribution in [0.4, 0.5) is 0 Å². The molecule has 0 radical (unpaired) electrons. The topological polar surface area (TPSA) is 41.1 Å². The molecule has 1 amide bonds. The zero-order valence-corrected chi connectivity index (χ0v) is 12.4. The molecule has 0 aromatic heterocycles. The SMILES string of the molecule is Cc1ccccc1CCNCC(=O)NCc1ccccc1. The molecule has 0 aliphatic heterocycles. The number of amides is 1. The highest BCUT2D eigenvalue weighted by atomic mass is 16.1. The van der Waals surface area contributed by atoms with E-state index in [9.17, 15) is 4.79 Å². The zero-order valence-electron chi connectivity index (χ0n) is 12.4. The number of carbonyl (C=O) groups is 1. The molecule has 2 aromatic rings. The first kappa shape index (κ1) is 15.3. The van der Waals surface area contributed by atoms with Gasteiger partial charge in [0.1, 0.15) is 0 Å². The quantitative estimate of drug-likeness (QED) is 0.766. The average Bonchev–Trinajstić information content (AvgIpc) is 2.52. The maximum absolute atomic E-state index is 11.7. The molecule has 0 atom stereocenters. The van der Waals surface area contributed by atoms with Crippen molar-refractivity contribution in [1.82, 2.24) is 10.6 Å². The van der Waals surface area contributed by atoms with Crippen molar-refractivity contribution >= 4 is 5.91 Å². The Labute approximate surface area is 126 Å². The molecule has 0 fully saturated rings. The first-order chi connectivity index (χ1) is 10.3. The van der Waals surface area contributed by atoms with Crippen LogP contribution in [0.3, 0.4) is 0 Å². The second-order valence-corrected chi connectivity index (χ2v) is 5.12. The summed E-state index contributed by atoms with van der Waals surface area (Å²) in [5, 5.41) is 6.09. The Morgan fingerprint density at radius 3 is 2.48 bits per heavy atom. The fourth-order valence-electron chi connectivity index (χ4n) is 2.17. The molecule has 0 aliphatic carbocycles. The lowest BCUT2D eigenvalue weighted by Crippen LogP contribution is -2.34. The van der Waals surface area contributed by atoms with Crippen molar-refractivity contribution in [2.75, 3.05) is 13.1 Å². The molecule has 2 N–H and O–H groups in total. The van der Waals surface area contributed by atoms with E-state index in [1.807, 2.05) is 36.4 Å². The maximum atomic E-state index is 11.7. The van der Waals surface area contributed by atoms with Gasteiger partial charge in [0.15, 0.2) is 0 Å². The molecule has 3 nitrogen and oxygen atoms in total. The predicted octanol–water partition coefficient (Wildman–Crippen LogP) is 2.44. The lowest BCUT2D eigenvalue weighted by atomic mass is 10.1. The average molecular weight is 282 g/mol. The molecule has 21 heavy (non-hydrogen) atoms. The highest BCUT2D eigenvalue weighted by molar-refractivity contribution is 5.77. The van der Waals surface area contributed by atoms with Gasteiger partial charge >= 0.3 is 0 Å². The maximum Gasteiger partial charge on any atom is 0.234 e. The molecule has 2 rings (SSSR count). The van der Waals surface area contributed by atoms with E-state index in [0.717, 1.165) is 18.5 Å².